The van der Waals surface area contributed by atoms with Gasteiger partial charge in [-0.15, -0.1) is 11.3 Å². The van der Waals surface area contributed by atoms with E-state index in [1.165, 1.54) is 43.4 Å². The van der Waals surface area contributed by atoms with Crippen molar-refractivity contribution >= 4 is 29.1 Å². The van der Waals surface area contributed by atoms with Gasteiger partial charge in [0.05, 0.1) is 0 Å². The Morgan fingerprint density at radius 1 is 1.45 bits per heavy atom. The van der Waals surface area contributed by atoms with Crippen molar-refractivity contribution in [2.45, 2.75) is 50.3 Å². The molecule has 1 fully saturated rings. The van der Waals surface area contributed by atoms with Crippen molar-refractivity contribution in [2.75, 3.05) is 12.8 Å². The fraction of sp³-hybridized carbons (Fsp3) is 0.667. The second-order valence-electron chi connectivity index (χ2n) is 5.55. The van der Waals surface area contributed by atoms with Crippen LogP contribution in [0.1, 0.15) is 52.2 Å². The maximum absolute atomic E-state index is 11.0. The van der Waals surface area contributed by atoms with Crippen LogP contribution in [0.5, 0.6) is 0 Å². The molecule has 20 heavy (non-hydrogen) atoms. The van der Waals surface area contributed by atoms with E-state index in [4.69, 9.17) is 5.11 Å². The summed E-state index contributed by atoms with van der Waals surface area (Å²) in [6, 6.07) is 1.81. The summed E-state index contributed by atoms with van der Waals surface area (Å²) in [5.74, 6) is -0.822. The standard InChI is InChI=1S/C15H23NO2S2/c1-11-12(8-13(20-11)14(17)18)9-16-10-15(19-2)6-4-3-5-7-15/h8,16H,3-7,9-10H2,1-2H3,(H,17,18). The molecule has 2 rings (SSSR count). The number of carboxylic acid groups (broad SMARTS) is 1. The van der Waals surface area contributed by atoms with Crippen LogP contribution in [-0.4, -0.2) is 28.6 Å². The number of rotatable bonds is 6. The molecule has 112 valence electrons. The van der Waals surface area contributed by atoms with Gasteiger partial charge in [0.15, 0.2) is 0 Å². The van der Waals surface area contributed by atoms with E-state index in [9.17, 15) is 4.79 Å². The van der Waals surface area contributed by atoms with Crippen molar-refractivity contribution in [3.05, 3.63) is 21.4 Å². The number of aryl methyl sites for hydroxylation is 1. The van der Waals surface area contributed by atoms with Gasteiger partial charge >= 0.3 is 5.97 Å². The first-order chi connectivity index (χ1) is 9.56. The van der Waals surface area contributed by atoms with Crippen LogP contribution in [0.3, 0.4) is 0 Å². The lowest BCUT2D eigenvalue weighted by Gasteiger charge is -2.36. The summed E-state index contributed by atoms with van der Waals surface area (Å²) in [6.45, 7) is 3.79. The highest BCUT2D eigenvalue weighted by atomic mass is 32.2. The predicted octanol–water partition coefficient (Wildman–Crippen LogP) is 3.91. The first kappa shape index (κ1) is 15.9. The lowest BCUT2D eigenvalue weighted by molar-refractivity contribution is 0.0702. The summed E-state index contributed by atoms with van der Waals surface area (Å²) in [4.78, 5) is 12.5. The number of aromatic carboxylic acids is 1. The van der Waals surface area contributed by atoms with E-state index in [-0.39, 0.29) is 0 Å². The van der Waals surface area contributed by atoms with Gasteiger partial charge in [-0.05, 0) is 37.7 Å². The van der Waals surface area contributed by atoms with Crippen LogP contribution in [0.4, 0.5) is 0 Å². The van der Waals surface area contributed by atoms with Gasteiger partial charge < -0.3 is 10.4 Å². The zero-order valence-corrected chi connectivity index (χ0v) is 13.8. The number of hydrogen-bond acceptors (Lipinski definition) is 4. The monoisotopic (exact) mass is 313 g/mol. The minimum atomic E-state index is -0.822. The van der Waals surface area contributed by atoms with E-state index >= 15 is 0 Å². The van der Waals surface area contributed by atoms with E-state index in [1.54, 1.807) is 0 Å². The Bertz CT molecular complexity index is 464. The van der Waals surface area contributed by atoms with Crippen LogP contribution in [0.2, 0.25) is 0 Å². The Balaban J connectivity index is 1.90. The molecule has 0 aliphatic heterocycles. The number of thioether (sulfide) groups is 1. The zero-order chi connectivity index (χ0) is 14.6. The SMILES string of the molecule is CSC1(CNCc2cc(C(=O)O)sc2C)CCCCC1. The van der Waals surface area contributed by atoms with Crippen LogP contribution in [0.25, 0.3) is 0 Å². The number of nitrogens with one attached hydrogen (secondary N) is 1. The Hall–Kier alpha value is -0.520. The third kappa shape index (κ3) is 3.77. The number of carbonyl (C=O) groups is 1. The minimum absolute atomic E-state index is 0.387. The summed E-state index contributed by atoms with van der Waals surface area (Å²) in [6.07, 6.45) is 8.85. The average Bonchev–Trinajstić information content (AvgIpc) is 2.82. The van der Waals surface area contributed by atoms with Crippen LogP contribution < -0.4 is 5.32 Å². The van der Waals surface area contributed by atoms with Crippen molar-refractivity contribution in [1.29, 1.82) is 0 Å². The van der Waals surface area contributed by atoms with Gasteiger partial charge in [0.2, 0.25) is 0 Å². The molecule has 1 aliphatic rings. The maximum Gasteiger partial charge on any atom is 0.345 e. The second-order valence-corrected chi connectivity index (χ2v) is 8.08. The fourth-order valence-corrected chi connectivity index (χ4v) is 4.70. The van der Waals surface area contributed by atoms with Crippen molar-refractivity contribution < 1.29 is 9.90 Å². The van der Waals surface area contributed by atoms with Crippen molar-refractivity contribution in [1.82, 2.24) is 5.32 Å². The Morgan fingerprint density at radius 2 is 2.15 bits per heavy atom. The Kier molecular flexibility index (Phi) is 5.52. The normalized spacial score (nSPS) is 18.1. The fourth-order valence-electron chi connectivity index (χ4n) is 2.87. The number of hydrogen-bond donors (Lipinski definition) is 2. The first-order valence-corrected chi connectivity index (χ1v) is 9.19. The number of thiophene rings is 1. The lowest BCUT2D eigenvalue weighted by atomic mass is 9.88. The molecule has 0 atom stereocenters. The molecular formula is C15H23NO2S2. The van der Waals surface area contributed by atoms with Gasteiger partial charge in [-0.3, -0.25) is 0 Å². The van der Waals surface area contributed by atoms with E-state index in [0.717, 1.165) is 23.5 Å². The van der Waals surface area contributed by atoms with E-state index < -0.39 is 5.97 Å². The Labute approximate surface area is 129 Å². The van der Waals surface area contributed by atoms with Gasteiger partial charge in [-0.1, -0.05) is 19.3 Å². The molecule has 0 bridgehead atoms. The highest BCUT2D eigenvalue weighted by Crippen LogP contribution is 2.38. The average molecular weight is 313 g/mol. The molecule has 1 saturated carbocycles. The van der Waals surface area contributed by atoms with E-state index in [1.807, 2.05) is 24.8 Å². The third-order valence-electron chi connectivity index (χ3n) is 4.19. The Morgan fingerprint density at radius 3 is 2.70 bits per heavy atom. The van der Waals surface area contributed by atoms with Gasteiger partial charge in [-0.2, -0.15) is 11.8 Å². The highest BCUT2D eigenvalue weighted by molar-refractivity contribution is 8.00. The van der Waals surface area contributed by atoms with Crippen LogP contribution in [-0.2, 0) is 6.54 Å². The third-order valence-corrected chi connectivity index (χ3v) is 6.69. The van der Waals surface area contributed by atoms with E-state index in [2.05, 4.69) is 11.6 Å². The van der Waals surface area contributed by atoms with Gasteiger partial charge in [0, 0.05) is 22.7 Å². The first-order valence-electron chi connectivity index (χ1n) is 7.15. The summed E-state index contributed by atoms with van der Waals surface area (Å²) >= 11 is 3.36. The molecule has 0 unspecified atom stereocenters. The predicted molar refractivity (Wildman–Crippen MR) is 87.1 cm³/mol. The van der Waals surface area contributed by atoms with Crippen LogP contribution >= 0.6 is 23.1 Å². The topological polar surface area (TPSA) is 49.3 Å². The molecule has 2 N–H and O–H groups in total. The second kappa shape index (κ2) is 6.96. The summed E-state index contributed by atoms with van der Waals surface area (Å²) in [5.41, 5.74) is 1.12. The summed E-state index contributed by atoms with van der Waals surface area (Å²) < 4.78 is 0.387. The molecular weight excluding hydrogens is 290 g/mol. The van der Waals surface area contributed by atoms with Crippen molar-refractivity contribution in [3.8, 4) is 0 Å². The van der Waals surface area contributed by atoms with Gasteiger partial charge in [-0.25, -0.2) is 4.79 Å². The van der Waals surface area contributed by atoms with E-state index in [0.29, 0.717) is 9.62 Å². The van der Waals surface area contributed by atoms with Crippen LogP contribution in [0, 0.1) is 6.92 Å². The molecule has 1 heterocycles. The molecule has 0 saturated heterocycles. The zero-order valence-electron chi connectivity index (χ0n) is 12.2. The molecule has 3 nitrogen and oxygen atoms in total. The van der Waals surface area contributed by atoms with Gasteiger partial charge in [0.1, 0.15) is 4.88 Å². The van der Waals surface area contributed by atoms with Crippen LogP contribution in [0.15, 0.2) is 6.07 Å². The molecule has 1 aromatic rings. The quantitative estimate of drug-likeness (QED) is 0.836. The summed E-state index contributed by atoms with van der Waals surface area (Å²) in [7, 11) is 0. The smallest absolute Gasteiger partial charge is 0.345 e. The van der Waals surface area contributed by atoms with Crippen molar-refractivity contribution in [2.24, 2.45) is 0 Å². The van der Waals surface area contributed by atoms with Crippen molar-refractivity contribution in [3.63, 3.8) is 0 Å². The molecule has 0 spiro atoms. The molecule has 0 aromatic carbocycles. The van der Waals surface area contributed by atoms with Gasteiger partial charge in [0.25, 0.3) is 0 Å². The number of carboxylic acids is 1. The molecule has 1 aromatic heterocycles. The highest BCUT2D eigenvalue weighted by Gasteiger charge is 2.30. The largest absolute Gasteiger partial charge is 0.477 e. The minimum Gasteiger partial charge on any atom is -0.477 e. The molecule has 0 amide bonds. The maximum atomic E-state index is 11.0. The lowest BCUT2D eigenvalue weighted by Crippen LogP contribution is -2.39. The molecule has 5 heteroatoms. The molecule has 0 radical (unpaired) electrons. The molecule has 1 aliphatic carbocycles. The summed E-state index contributed by atoms with van der Waals surface area (Å²) in [5, 5.41) is 12.6.